The number of hydrogen-bond acceptors (Lipinski definition) is 2. The van der Waals surface area contributed by atoms with E-state index in [2.05, 4.69) is 0 Å². The molecule has 0 fully saturated rings. The molecule has 2 rings (SSSR count). The van der Waals surface area contributed by atoms with E-state index in [0.717, 1.165) is 12.3 Å². The van der Waals surface area contributed by atoms with Crippen LogP contribution in [0.2, 0.25) is 0 Å². The molecule has 1 N–H and O–H groups in total. The number of benzene rings is 1. The second-order valence-electron chi connectivity index (χ2n) is 3.51. The van der Waals surface area contributed by atoms with Gasteiger partial charge in [-0.1, -0.05) is 12.1 Å². The largest absolute Gasteiger partial charge is 0.481 e. The molecular weight excluding hydrogens is 237 g/mol. The Morgan fingerprint density at radius 1 is 1.35 bits per heavy atom. The van der Waals surface area contributed by atoms with Crippen LogP contribution in [0.25, 0.3) is 11.0 Å². The third-order valence-electron chi connectivity index (χ3n) is 2.33. The number of halogens is 3. The van der Waals surface area contributed by atoms with Gasteiger partial charge in [-0.2, -0.15) is 13.2 Å². The highest BCUT2D eigenvalue weighted by molar-refractivity contribution is 5.87. The van der Waals surface area contributed by atoms with Crippen molar-refractivity contribution < 1.29 is 27.5 Å². The lowest BCUT2D eigenvalue weighted by atomic mass is 10.1. The molecule has 0 radical (unpaired) electrons. The van der Waals surface area contributed by atoms with Crippen LogP contribution in [0.3, 0.4) is 0 Å². The van der Waals surface area contributed by atoms with E-state index in [-0.39, 0.29) is 23.0 Å². The third kappa shape index (κ3) is 2.11. The van der Waals surface area contributed by atoms with Gasteiger partial charge in [0.1, 0.15) is 5.58 Å². The van der Waals surface area contributed by atoms with Gasteiger partial charge in [0.25, 0.3) is 0 Å². The number of rotatable bonds is 2. The van der Waals surface area contributed by atoms with Crippen molar-refractivity contribution in [3.8, 4) is 0 Å². The minimum Gasteiger partial charge on any atom is -0.481 e. The maximum Gasteiger partial charge on any atom is 0.420 e. The monoisotopic (exact) mass is 244 g/mol. The van der Waals surface area contributed by atoms with Crippen molar-refractivity contribution in [2.45, 2.75) is 12.6 Å². The maximum atomic E-state index is 12.6. The third-order valence-corrected chi connectivity index (χ3v) is 2.33. The van der Waals surface area contributed by atoms with E-state index in [9.17, 15) is 18.0 Å². The first-order valence-electron chi connectivity index (χ1n) is 4.67. The van der Waals surface area contributed by atoms with Crippen LogP contribution in [0.1, 0.15) is 11.1 Å². The summed E-state index contributed by atoms with van der Waals surface area (Å²) in [5.74, 6) is -1.12. The summed E-state index contributed by atoms with van der Waals surface area (Å²) in [6.07, 6.45) is -3.83. The minimum atomic E-state index is -4.52. The smallest absolute Gasteiger partial charge is 0.420 e. The number of fused-ring (bicyclic) bond motifs is 1. The van der Waals surface area contributed by atoms with Crippen LogP contribution < -0.4 is 0 Å². The zero-order valence-corrected chi connectivity index (χ0v) is 8.41. The van der Waals surface area contributed by atoms with E-state index < -0.39 is 17.7 Å². The van der Waals surface area contributed by atoms with E-state index in [1.807, 2.05) is 0 Å². The van der Waals surface area contributed by atoms with Crippen molar-refractivity contribution >= 4 is 16.9 Å². The van der Waals surface area contributed by atoms with Crippen molar-refractivity contribution in [2.75, 3.05) is 0 Å². The van der Waals surface area contributed by atoms with Gasteiger partial charge in [-0.05, 0) is 6.07 Å². The van der Waals surface area contributed by atoms with Gasteiger partial charge in [0.2, 0.25) is 0 Å². The fourth-order valence-electron chi connectivity index (χ4n) is 1.63. The summed E-state index contributed by atoms with van der Waals surface area (Å²) in [5.41, 5.74) is -0.985. The lowest BCUT2D eigenvalue weighted by Gasteiger charge is -2.06. The SMILES string of the molecule is O=C(O)Cc1coc2c(C(F)(F)F)cccc12. The Labute approximate surface area is 93.5 Å². The second kappa shape index (κ2) is 3.80. The Balaban J connectivity index is 2.61. The quantitative estimate of drug-likeness (QED) is 0.883. The summed E-state index contributed by atoms with van der Waals surface area (Å²) < 4.78 is 42.7. The maximum absolute atomic E-state index is 12.6. The Hall–Kier alpha value is -1.98. The van der Waals surface area contributed by atoms with Crippen molar-refractivity contribution in [1.29, 1.82) is 0 Å². The molecule has 1 aromatic carbocycles. The first kappa shape index (κ1) is 11.5. The summed E-state index contributed by atoms with van der Waals surface area (Å²) in [6, 6.07) is 3.54. The lowest BCUT2D eigenvalue weighted by Crippen LogP contribution is -2.05. The van der Waals surface area contributed by atoms with Gasteiger partial charge in [0, 0.05) is 10.9 Å². The van der Waals surface area contributed by atoms with Gasteiger partial charge in [-0.15, -0.1) is 0 Å². The number of furan rings is 1. The van der Waals surface area contributed by atoms with Crippen LogP contribution in [-0.4, -0.2) is 11.1 Å². The molecule has 0 aliphatic carbocycles. The van der Waals surface area contributed by atoms with Gasteiger partial charge in [-0.25, -0.2) is 0 Å². The normalized spacial score (nSPS) is 11.9. The fourth-order valence-corrected chi connectivity index (χ4v) is 1.63. The zero-order valence-electron chi connectivity index (χ0n) is 8.41. The molecule has 0 aliphatic rings. The van der Waals surface area contributed by atoms with E-state index in [4.69, 9.17) is 9.52 Å². The summed E-state index contributed by atoms with van der Waals surface area (Å²) in [6.45, 7) is 0. The van der Waals surface area contributed by atoms with Crippen LogP contribution in [-0.2, 0) is 17.4 Å². The number of carboxylic acids is 1. The molecule has 90 valence electrons. The molecule has 1 heterocycles. The number of hydrogen-bond donors (Lipinski definition) is 1. The van der Waals surface area contributed by atoms with Gasteiger partial charge in [0.05, 0.1) is 18.2 Å². The minimum absolute atomic E-state index is 0.183. The van der Waals surface area contributed by atoms with Crippen molar-refractivity contribution in [2.24, 2.45) is 0 Å². The molecule has 0 atom stereocenters. The lowest BCUT2D eigenvalue weighted by molar-refractivity contribution is -0.137. The van der Waals surface area contributed by atoms with E-state index in [0.29, 0.717) is 0 Å². The van der Waals surface area contributed by atoms with Crippen molar-refractivity contribution in [3.63, 3.8) is 0 Å². The molecule has 3 nitrogen and oxygen atoms in total. The van der Waals surface area contributed by atoms with Gasteiger partial charge in [-0.3, -0.25) is 4.79 Å². The molecule has 0 amide bonds. The standard InChI is InChI=1S/C11H7F3O3/c12-11(13,14)8-3-1-2-7-6(4-9(15)16)5-17-10(7)8/h1-3,5H,4H2,(H,15,16). The number of alkyl halides is 3. The molecule has 0 bridgehead atoms. The summed E-state index contributed by atoms with van der Waals surface area (Å²) in [5, 5.41) is 8.79. The average molecular weight is 244 g/mol. The van der Waals surface area contributed by atoms with Crippen molar-refractivity contribution in [1.82, 2.24) is 0 Å². The molecule has 0 unspecified atom stereocenters. The molecule has 6 heteroatoms. The van der Waals surface area contributed by atoms with Crippen LogP contribution >= 0.6 is 0 Å². The Bertz CT molecular complexity index is 569. The first-order chi connectivity index (χ1) is 7.89. The van der Waals surface area contributed by atoms with E-state index in [1.54, 1.807) is 0 Å². The Kier molecular flexibility index (Phi) is 2.57. The molecule has 0 saturated heterocycles. The number of carbonyl (C=O) groups is 1. The predicted octanol–water partition coefficient (Wildman–Crippen LogP) is 3.08. The Morgan fingerprint density at radius 3 is 2.65 bits per heavy atom. The topological polar surface area (TPSA) is 50.4 Å². The predicted molar refractivity (Wildman–Crippen MR) is 52.6 cm³/mol. The molecule has 0 spiro atoms. The molecule has 2 aromatic rings. The van der Waals surface area contributed by atoms with Crippen LogP contribution in [0.15, 0.2) is 28.9 Å². The highest BCUT2D eigenvalue weighted by Gasteiger charge is 2.34. The molecule has 17 heavy (non-hydrogen) atoms. The zero-order chi connectivity index (χ0) is 12.6. The van der Waals surface area contributed by atoms with Crippen molar-refractivity contribution in [3.05, 3.63) is 35.6 Å². The second-order valence-corrected chi connectivity index (χ2v) is 3.51. The van der Waals surface area contributed by atoms with E-state index >= 15 is 0 Å². The van der Waals surface area contributed by atoms with Gasteiger partial charge in [0.15, 0.2) is 0 Å². The molecule has 0 aliphatic heterocycles. The van der Waals surface area contributed by atoms with Crippen LogP contribution in [0.5, 0.6) is 0 Å². The highest BCUT2D eigenvalue weighted by atomic mass is 19.4. The van der Waals surface area contributed by atoms with E-state index in [1.165, 1.54) is 12.1 Å². The first-order valence-corrected chi connectivity index (χ1v) is 4.67. The number of aliphatic carboxylic acids is 1. The number of carboxylic acid groups (broad SMARTS) is 1. The highest BCUT2D eigenvalue weighted by Crippen LogP contribution is 2.36. The summed E-state index contributed by atoms with van der Waals surface area (Å²) in [7, 11) is 0. The van der Waals surface area contributed by atoms with Gasteiger partial charge < -0.3 is 9.52 Å². The molecule has 1 aromatic heterocycles. The molecular formula is C11H7F3O3. The summed E-state index contributed by atoms with van der Waals surface area (Å²) >= 11 is 0. The number of para-hydroxylation sites is 1. The van der Waals surface area contributed by atoms with Crippen LogP contribution in [0, 0.1) is 0 Å². The van der Waals surface area contributed by atoms with Gasteiger partial charge >= 0.3 is 12.1 Å². The average Bonchev–Trinajstić information content (AvgIpc) is 2.59. The molecule has 0 saturated carbocycles. The Morgan fingerprint density at radius 2 is 2.06 bits per heavy atom. The summed E-state index contributed by atoms with van der Waals surface area (Å²) in [4.78, 5) is 10.5. The fraction of sp³-hybridized carbons (Fsp3) is 0.182. The van der Waals surface area contributed by atoms with Crippen LogP contribution in [0.4, 0.5) is 13.2 Å².